The summed E-state index contributed by atoms with van der Waals surface area (Å²) >= 11 is 11.6. The van der Waals surface area contributed by atoms with E-state index in [-0.39, 0.29) is 11.6 Å². The number of nitrogens with one attached hydrogen (secondary N) is 1. The van der Waals surface area contributed by atoms with E-state index in [4.69, 9.17) is 27.9 Å². The average Bonchev–Trinajstić information content (AvgIpc) is 2.45. The van der Waals surface area contributed by atoms with E-state index in [0.717, 1.165) is 0 Å². The Morgan fingerprint density at radius 3 is 2.60 bits per heavy atom. The Morgan fingerprint density at radius 2 is 1.90 bits per heavy atom. The van der Waals surface area contributed by atoms with Crippen LogP contribution in [0.2, 0.25) is 10.0 Å². The first kappa shape index (κ1) is 14.6. The van der Waals surface area contributed by atoms with Crippen molar-refractivity contribution >= 4 is 29.1 Å². The molecule has 0 fully saturated rings. The molecule has 0 aliphatic carbocycles. The molecule has 6 heteroatoms. The molecule has 0 atom stereocenters. The predicted octanol–water partition coefficient (Wildman–Crippen LogP) is 3.20. The molecule has 1 heterocycles. The molecule has 0 aliphatic rings. The summed E-state index contributed by atoms with van der Waals surface area (Å²) in [5, 5.41) is 3.82. The molecule has 0 saturated carbocycles. The quantitative estimate of drug-likeness (QED) is 0.863. The first-order chi connectivity index (χ1) is 9.65. The number of rotatable bonds is 5. The molecule has 2 aromatic rings. The average molecular weight is 311 g/mol. The molecule has 20 heavy (non-hydrogen) atoms. The minimum absolute atomic E-state index is 0.281. The maximum Gasteiger partial charge on any atom is 0.270 e. The van der Waals surface area contributed by atoms with Gasteiger partial charge in [0.25, 0.3) is 5.91 Å². The lowest BCUT2D eigenvalue weighted by Crippen LogP contribution is -2.28. The summed E-state index contributed by atoms with van der Waals surface area (Å²) in [6.07, 6.45) is 1.49. The molecule has 4 nitrogen and oxygen atoms in total. The van der Waals surface area contributed by atoms with Crippen LogP contribution in [0.1, 0.15) is 10.5 Å². The Labute approximate surface area is 126 Å². The normalized spacial score (nSPS) is 10.1. The highest BCUT2D eigenvalue weighted by atomic mass is 35.5. The molecular formula is C14H12Cl2N2O2. The lowest BCUT2D eigenvalue weighted by Gasteiger charge is -2.07. The van der Waals surface area contributed by atoms with Crippen LogP contribution in [0.5, 0.6) is 5.75 Å². The number of benzene rings is 1. The number of carbonyl (C=O) groups excluding carboxylic acids is 1. The van der Waals surface area contributed by atoms with Crippen LogP contribution in [0.25, 0.3) is 0 Å². The van der Waals surface area contributed by atoms with Gasteiger partial charge < -0.3 is 10.1 Å². The van der Waals surface area contributed by atoms with Gasteiger partial charge in [0.2, 0.25) is 0 Å². The Hall–Kier alpha value is -1.78. The summed E-state index contributed by atoms with van der Waals surface area (Å²) in [7, 11) is 0. The Balaban J connectivity index is 1.76. The van der Waals surface area contributed by atoms with Gasteiger partial charge in [-0.3, -0.25) is 9.78 Å². The van der Waals surface area contributed by atoms with Crippen LogP contribution in [0.3, 0.4) is 0 Å². The molecular weight excluding hydrogens is 299 g/mol. The predicted molar refractivity (Wildman–Crippen MR) is 78.5 cm³/mol. The fourth-order valence-electron chi connectivity index (χ4n) is 1.48. The lowest BCUT2D eigenvalue weighted by atomic mass is 10.3. The van der Waals surface area contributed by atoms with Gasteiger partial charge in [0, 0.05) is 16.2 Å². The van der Waals surface area contributed by atoms with Crippen LogP contribution in [0.4, 0.5) is 0 Å². The minimum atomic E-state index is -0.285. The van der Waals surface area contributed by atoms with Crippen molar-refractivity contribution in [3.8, 4) is 5.75 Å². The fourth-order valence-corrected chi connectivity index (χ4v) is 1.77. The highest BCUT2D eigenvalue weighted by Crippen LogP contribution is 2.15. The van der Waals surface area contributed by atoms with E-state index in [1.807, 2.05) is 0 Å². The summed E-state index contributed by atoms with van der Waals surface area (Å²) in [5.74, 6) is 0.414. The highest BCUT2D eigenvalue weighted by Gasteiger charge is 2.06. The molecule has 0 saturated heterocycles. The lowest BCUT2D eigenvalue weighted by molar-refractivity contribution is 0.0942. The molecule has 0 unspecified atom stereocenters. The Bertz CT molecular complexity index is 588. The molecule has 1 aromatic carbocycles. The minimum Gasteiger partial charge on any atom is -0.492 e. The number of carbonyl (C=O) groups is 1. The zero-order valence-electron chi connectivity index (χ0n) is 10.5. The first-order valence-electron chi connectivity index (χ1n) is 5.93. The van der Waals surface area contributed by atoms with Gasteiger partial charge in [-0.15, -0.1) is 0 Å². The van der Waals surface area contributed by atoms with Crippen LogP contribution in [-0.4, -0.2) is 24.0 Å². The number of halogens is 2. The molecule has 0 spiro atoms. The van der Waals surface area contributed by atoms with Crippen molar-refractivity contribution < 1.29 is 9.53 Å². The van der Waals surface area contributed by atoms with E-state index < -0.39 is 0 Å². The molecule has 104 valence electrons. The number of nitrogens with zero attached hydrogens (tertiary/aromatic N) is 1. The largest absolute Gasteiger partial charge is 0.492 e. The van der Waals surface area contributed by atoms with Crippen molar-refractivity contribution in [1.29, 1.82) is 0 Å². The molecule has 1 N–H and O–H groups in total. The molecule has 0 bridgehead atoms. The summed E-state index contributed by atoms with van der Waals surface area (Å²) in [5.41, 5.74) is 0.281. The summed E-state index contributed by atoms with van der Waals surface area (Å²) < 4.78 is 5.45. The molecule has 0 radical (unpaired) electrons. The smallest absolute Gasteiger partial charge is 0.270 e. The number of ether oxygens (including phenoxy) is 1. The zero-order valence-corrected chi connectivity index (χ0v) is 12.0. The van der Waals surface area contributed by atoms with E-state index in [1.54, 1.807) is 30.3 Å². The zero-order chi connectivity index (χ0) is 14.4. The fraction of sp³-hybridized carbons (Fsp3) is 0.143. The summed E-state index contributed by atoms with van der Waals surface area (Å²) in [4.78, 5) is 15.7. The topological polar surface area (TPSA) is 51.2 Å². The van der Waals surface area contributed by atoms with Gasteiger partial charge in [-0.25, -0.2) is 0 Å². The van der Waals surface area contributed by atoms with Crippen LogP contribution in [0, 0.1) is 0 Å². The Kier molecular flexibility index (Phi) is 5.21. The van der Waals surface area contributed by atoms with Gasteiger partial charge in [0.05, 0.1) is 6.54 Å². The van der Waals surface area contributed by atoms with Crippen molar-refractivity contribution in [2.45, 2.75) is 0 Å². The van der Waals surface area contributed by atoms with E-state index in [9.17, 15) is 4.79 Å². The van der Waals surface area contributed by atoms with Crippen molar-refractivity contribution in [3.05, 3.63) is 58.3 Å². The Morgan fingerprint density at radius 1 is 1.15 bits per heavy atom. The molecule has 0 aliphatic heterocycles. The van der Waals surface area contributed by atoms with Gasteiger partial charge >= 0.3 is 0 Å². The maximum absolute atomic E-state index is 11.7. The highest BCUT2D eigenvalue weighted by molar-refractivity contribution is 6.31. The van der Waals surface area contributed by atoms with Crippen molar-refractivity contribution in [2.24, 2.45) is 0 Å². The third kappa shape index (κ3) is 4.40. The van der Waals surface area contributed by atoms with E-state index in [1.165, 1.54) is 12.3 Å². The molecule has 1 amide bonds. The standard InChI is InChI=1S/C14H12Cl2N2O2/c15-10-1-3-12(4-2-10)20-8-7-18-14(19)13-9-11(16)5-6-17-13/h1-6,9H,7-8H2,(H,18,19). The van der Waals surface area contributed by atoms with Gasteiger partial charge in [-0.05, 0) is 36.4 Å². The monoisotopic (exact) mass is 310 g/mol. The number of pyridine rings is 1. The van der Waals surface area contributed by atoms with Gasteiger partial charge in [0.15, 0.2) is 0 Å². The maximum atomic E-state index is 11.7. The van der Waals surface area contributed by atoms with Crippen LogP contribution < -0.4 is 10.1 Å². The van der Waals surface area contributed by atoms with E-state index in [2.05, 4.69) is 10.3 Å². The second-order valence-corrected chi connectivity index (χ2v) is 4.79. The first-order valence-corrected chi connectivity index (χ1v) is 6.69. The second kappa shape index (κ2) is 7.12. The van der Waals surface area contributed by atoms with Gasteiger partial charge in [-0.2, -0.15) is 0 Å². The number of hydrogen-bond acceptors (Lipinski definition) is 3. The van der Waals surface area contributed by atoms with Crippen molar-refractivity contribution in [2.75, 3.05) is 13.2 Å². The van der Waals surface area contributed by atoms with E-state index in [0.29, 0.717) is 28.9 Å². The SMILES string of the molecule is O=C(NCCOc1ccc(Cl)cc1)c1cc(Cl)ccn1. The van der Waals surface area contributed by atoms with Crippen LogP contribution in [0.15, 0.2) is 42.6 Å². The van der Waals surface area contributed by atoms with Crippen LogP contribution in [-0.2, 0) is 0 Å². The van der Waals surface area contributed by atoms with Crippen molar-refractivity contribution in [1.82, 2.24) is 10.3 Å². The van der Waals surface area contributed by atoms with E-state index >= 15 is 0 Å². The third-order valence-corrected chi connectivity index (χ3v) is 2.91. The molecule has 2 rings (SSSR count). The van der Waals surface area contributed by atoms with Crippen LogP contribution >= 0.6 is 23.2 Å². The van der Waals surface area contributed by atoms with Crippen molar-refractivity contribution in [3.63, 3.8) is 0 Å². The number of aromatic nitrogens is 1. The number of amides is 1. The second-order valence-electron chi connectivity index (χ2n) is 3.92. The summed E-state index contributed by atoms with van der Waals surface area (Å²) in [6.45, 7) is 0.726. The summed E-state index contributed by atoms with van der Waals surface area (Å²) in [6, 6.07) is 10.1. The number of hydrogen-bond donors (Lipinski definition) is 1. The third-order valence-electron chi connectivity index (χ3n) is 2.42. The molecule has 1 aromatic heterocycles. The van der Waals surface area contributed by atoms with Gasteiger partial charge in [-0.1, -0.05) is 23.2 Å². The van der Waals surface area contributed by atoms with Gasteiger partial charge in [0.1, 0.15) is 18.1 Å².